The van der Waals surface area contributed by atoms with E-state index in [4.69, 9.17) is 9.47 Å². The lowest BCUT2D eigenvalue weighted by molar-refractivity contribution is -0.147. The molecule has 0 N–H and O–H groups in total. The number of carbonyl (C=O) groups excluding carboxylic acids is 2. The second-order valence-electron chi connectivity index (χ2n) is 5.70. The number of hydrogen-bond acceptors (Lipinski definition) is 4. The van der Waals surface area contributed by atoms with E-state index in [-0.39, 0.29) is 18.3 Å². The van der Waals surface area contributed by atoms with Crippen molar-refractivity contribution in [1.82, 2.24) is 4.90 Å². The number of nitrogens with zero attached hydrogens (tertiary/aromatic N) is 1. The maximum atomic E-state index is 12.9. The smallest absolute Gasteiger partial charge is 0.331 e. The summed E-state index contributed by atoms with van der Waals surface area (Å²) in [6.45, 7) is -0.0851. The van der Waals surface area contributed by atoms with E-state index < -0.39 is 5.97 Å². The van der Waals surface area contributed by atoms with E-state index in [1.165, 1.54) is 30.2 Å². The van der Waals surface area contributed by atoms with E-state index in [1.807, 2.05) is 6.07 Å². The monoisotopic (exact) mass is 435 g/mol. The Kier molecular flexibility index (Phi) is 7.55. The van der Waals surface area contributed by atoms with Crippen LogP contribution in [0.5, 0.6) is 5.75 Å². The number of benzene rings is 2. The second-order valence-corrected chi connectivity index (χ2v) is 6.62. The van der Waals surface area contributed by atoms with Gasteiger partial charge >= 0.3 is 5.97 Å². The van der Waals surface area contributed by atoms with Crippen molar-refractivity contribution in [3.8, 4) is 5.75 Å². The Balaban J connectivity index is 1.86. The van der Waals surface area contributed by atoms with Gasteiger partial charge < -0.3 is 14.4 Å². The fourth-order valence-electron chi connectivity index (χ4n) is 2.24. The number of rotatable bonds is 7. The highest BCUT2D eigenvalue weighted by Gasteiger charge is 2.12. The molecule has 27 heavy (non-hydrogen) atoms. The first-order valence-corrected chi connectivity index (χ1v) is 8.85. The number of halogens is 2. The average Bonchev–Trinajstić information content (AvgIpc) is 2.66. The number of amides is 1. The van der Waals surface area contributed by atoms with Gasteiger partial charge in [0.25, 0.3) is 5.91 Å². The van der Waals surface area contributed by atoms with Gasteiger partial charge in [-0.2, -0.15) is 0 Å². The van der Waals surface area contributed by atoms with Gasteiger partial charge in [-0.25, -0.2) is 9.18 Å². The Labute approximate surface area is 165 Å². The maximum absolute atomic E-state index is 12.9. The van der Waals surface area contributed by atoms with E-state index in [1.54, 1.807) is 37.4 Å². The van der Waals surface area contributed by atoms with Crippen molar-refractivity contribution in [2.75, 3.05) is 20.8 Å². The molecule has 0 aliphatic rings. The fourth-order valence-corrected chi connectivity index (χ4v) is 2.62. The van der Waals surface area contributed by atoms with Gasteiger partial charge in [0.1, 0.15) is 11.6 Å². The highest BCUT2D eigenvalue weighted by molar-refractivity contribution is 9.10. The maximum Gasteiger partial charge on any atom is 0.331 e. The lowest BCUT2D eigenvalue weighted by atomic mass is 10.2. The first-order chi connectivity index (χ1) is 12.9. The summed E-state index contributed by atoms with van der Waals surface area (Å²) in [6, 6.07) is 11.2. The van der Waals surface area contributed by atoms with Crippen molar-refractivity contribution in [3.05, 3.63) is 70.0 Å². The molecule has 142 valence electrons. The molecule has 0 unspecified atom stereocenters. The summed E-state index contributed by atoms with van der Waals surface area (Å²) in [5, 5.41) is 0. The number of methoxy groups -OCH3 is 1. The molecule has 0 fully saturated rings. The Morgan fingerprint density at radius 2 is 1.89 bits per heavy atom. The zero-order chi connectivity index (χ0) is 19.8. The van der Waals surface area contributed by atoms with Gasteiger partial charge in [-0.3, -0.25) is 4.79 Å². The minimum atomic E-state index is -0.638. The molecule has 0 aliphatic carbocycles. The highest BCUT2D eigenvalue weighted by atomic mass is 79.9. The summed E-state index contributed by atoms with van der Waals surface area (Å²) < 4.78 is 23.9. The summed E-state index contributed by atoms with van der Waals surface area (Å²) in [6.07, 6.45) is 2.79. The van der Waals surface area contributed by atoms with Crippen molar-refractivity contribution in [2.24, 2.45) is 0 Å². The van der Waals surface area contributed by atoms with Gasteiger partial charge in [-0.05, 0) is 42.0 Å². The summed E-state index contributed by atoms with van der Waals surface area (Å²) >= 11 is 3.35. The van der Waals surface area contributed by atoms with Crippen LogP contribution in [0.25, 0.3) is 6.08 Å². The van der Waals surface area contributed by atoms with Gasteiger partial charge in [0.2, 0.25) is 0 Å². The molecule has 0 atom stereocenters. The Bertz CT molecular complexity index is 836. The normalized spacial score (nSPS) is 10.7. The molecule has 0 aromatic heterocycles. The average molecular weight is 436 g/mol. The van der Waals surface area contributed by atoms with Crippen LogP contribution in [0.2, 0.25) is 0 Å². The topological polar surface area (TPSA) is 55.8 Å². The van der Waals surface area contributed by atoms with Crippen molar-refractivity contribution in [1.29, 1.82) is 0 Å². The molecule has 0 saturated carbocycles. The molecule has 0 bridgehead atoms. The molecule has 2 aromatic rings. The van der Waals surface area contributed by atoms with Crippen LogP contribution in [0.3, 0.4) is 0 Å². The van der Waals surface area contributed by atoms with Crippen molar-refractivity contribution in [2.45, 2.75) is 6.54 Å². The summed E-state index contributed by atoms with van der Waals surface area (Å²) in [5.41, 5.74) is 1.48. The van der Waals surface area contributed by atoms with Gasteiger partial charge in [-0.1, -0.05) is 28.1 Å². The molecule has 0 heterocycles. The second kappa shape index (κ2) is 9.87. The molecule has 0 aliphatic heterocycles. The zero-order valence-electron chi connectivity index (χ0n) is 14.9. The first kappa shape index (κ1) is 20.6. The molecule has 1 amide bonds. The van der Waals surface area contributed by atoms with Crippen LogP contribution in [0.1, 0.15) is 11.1 Å². The summed E-state index contributed by atoms with van der Waals surface area (Å²) in [7, 11) is 3.12. The van der Waals surface area contributed by atoms with Crippen LogP contribution in [0, 0.1) is 5.82 Å². The zero-order valence-corrected chi connectivity index (χ0v) is 16.5. The van der Waals surface area contributed by atoms with Crippen molar-refractivity contribution < 1.29 is 23.5 Å². The van der Waals surface area contributed by atoms with Crippen LogP contribution in [0.4, 0.5) is 4.39 Å². The summed E-state index contributed by atoms with van der Waals surface area (Å²) in [5.74, 6) is -0.727. The molecule has 2 rings (SSSR count). The molecule has 0 radical (unpaired) electrons. The van der Waals surface area contributed by atoms with E-state index in [0.717, 1.165) is 10.0 Å². The third kappa shape index (κ3) is 6.53. The number of hydrogen-bond donors (Lipinski definition) is 0. The fraction of sp³-hybridized carbons (Fsp3) is 0.200. The predicted molar refractivity (Wildman–Crippen MR) is 104 cm³/mol. The number of carbonyl (C=O) groups is 2. The molecule has 0 spiro atoms. The van der Waals surface area contributed by atoms with E-state index in [9.17, 15) is 14.0 Å². The van der Waals surface area contributed by atoms with Gasteiger partial charge in [0.05, 0.1) is 7.11 Å². The SMILES string of the molecule is COc1ccc(Br)cc1/C=C/C(=O)OCC(=O)N(C)Cc1ccc(F)cc1. The molecular weight excluding hydrogens is 417 g/mol. The molecule has 7 heteroatoms. The van der Waals surface area contributed by atoms with E-state index in [0.29, 0.717) is 17.9 Å². The van der Waals surface area contributed by atoms with Gasteiger partial charge in [-0.15, -0.1) is 0 Å². The Morgan fingerprint density at radius 1 is 1.19 bits per heavy atom. The molecule has 2 aromatic carbocycles. The Hall–Kier alpha value is -2.67. The van der Waals surface area contributed by atoms with Crippen LogP contribution < -0.4 is 4.74 Å². The standard InChI is InChI=1S/C20H19BrFNO4/c1-23(12-14-3-7-17(22)8-4-14)19(24)13-27-20(25)10-5-15-11-16(21)6-9-18(15)26-2/h3-11H,12-13H2,1-2H3/b10-5+. The third-order valence-corrected chi connectivity index (χ3v) is 4.18. The lowest BCUT2D eigenvalue weighted by Gasteiger charge is -2.17. The van der Waals surface area contributed by atoms with Crippen molar-refractivity contribution in [3.63, 3.8) is 0 Å². The van der Waals surface area contributed by atoms with E-state index in [2.05, 4.69) is 15.9 Å². The number of ether oxygens (including phenoxy) is 2. The minimum absolute atomic E-state index is 0.293. The first-order valence-electron chi connectivity index (χ1n) is 8.06. The third-order valence-electron chi connectivity index (χ3n) is 3.69. The minimum Gasteiger partial charge on any atom is -0.496 e. The van der Waals surface area contributed by atoms with Crippen molar-refractivity contribution >= 4 is 33.9 Å². The number of likely N-dealkylation sites (N-methyl/N-ethyl adjacent to an activating group) is 1. The van der Waals surface area contributed by atoms with Crippen LogP contribution in [0.15, 0.2) is 53.0 Å². The predicted octanol–water partition coefficient (Wildman–Crippen LogP) is 3.81. The highest BCUT2D eigenvalue weighted by Crippen LogP contribution is 2.24. The van der Waals surface area contributed by atoms with Crippen LogP contribution in [-0.4, -0.2) is 37.5 Å². The Morgan fingerprint density at radius 3 is 2.56 bits per heavy atom. The lowest BCUT2D eigenvalue weighted by Crippen LogP contribution is -2.30. The quantitative estimate of drug-likeness (QED) is 0.490. The largest absolute Gasteiger partial charge is 0.496 e. The van der Waals surface area contributed by atoms with Crippen LogP contribution >= 0.6 is 15.9 Å². The molecular formula is C20H19BrFNO4. The van der Waals surface area contributed by atoms with E-state index >= 15 is 0 Å². The van der Waals surface area contributed by atoms with Gasteiger partial charge in [0.15, 0.2) is 6.61 Å². The molecule has 5 nitrogen and oxygen atoms in total. The number of esters is 1. The van der Waals surface area contributed by atoms with Crippen LogP contribution in [-0.2, 0) is 20.9 Å². The van der Waals surface area contributed by atoms with Gasteiger partial charge in [0, 0.05) is 29.7 Å². The molecule has 0 saturated heterocycles. The summed E-state index contributed by atoms with van der Waals surface area (Å²) in [4.78, 5) is 25.3.